The number of benzene rings is 3. The third-order valence-corrected chi connectivity index (χ3v) is 3.58. The van der Waals surface area contributed by atoms with Gasteiger partial charge in [-0.05, 0) is 41.5 Å². The molecule has 5 heteroatoms. The fourth-order valence-electron chi connectivity index (χ4n) is 2.23. The Labute approximate surface area is 157 Å². The van der Waals surface area contributed by atoms with Gasteiger partial charge < -0.3 is 15.9 Å². The van der Waals surface area contributed by atoms with Crippen LogP contribution in [0, 0.1) is 0 Å². The Morgan fingerprint density at radius 2 is 1.22 bits per heavy atom. The average Bonchev–Trinajstić information content (AvgIpc) is 2.68. The van der Waals surface area contributed by atoms with E-state index >= 15 is 0 Å². The molecule has 0 unspecified atom stereocenters. The first-order valence-electron chi connectivity index (χ1n) is 8.11. The number of carbonyl (C=O) groups is 2. The van der Waals surface area contributed by atoms with Crippen molar-refractivity contribution in [3.63, 3.8) is 0 Å². The number of anilines is 1. The van der Waals surface area contributed by atoms with Gasteiger partial charge in [0, 0.05) is 5.69 Å². The standard InChI is InChI=1S/C15H12O2.C7H7NO2/c16-15(17)14(13-9-5-2-6-10-13)11-12-7-3-1-4-8-12;8-6-3-1-5(2-4-6)7(9)10/h1-11H,(H,16,17);1-4H,8H2,(H,9,10). The van der Waals surface area contributed by atoms with E-state index in [1.165, 1.54) is 12.1 Å². The van der Waals surface area contributed by atoms with E-state index in [1.54, 1.807) is 30.3 Å². The van der Waals surface area contributed by atoms with Crippen molar-refractivity contribution in [2.75, 3.05) is 5.73 Å². The van der Waals surface area contributed by atoms with E-state index < -0.39 is 11.9 Å². The van der Waals surface area contributed by atoms with E-state index in [1.807, 2.05) is 48.5 Å². The molecule has 0 aromatic heterocycles. The Bertz CT molecular complexity index is 918. The van der Waals surface area contributed by atoms with Gasteiger partial charge in [-0.15, -0.1) is 0 Å². The molecule has 0 saturated carbocycles. The van der Waals surface area contributed by atoms with E-state index in [0.29, 0.717) is 16.8 Å². The summed E-state index contributed by atoms with van der Waals surface area (Å²) in [6.07, 6.45) is 1.68. The lowest BCUT2D eigenvalue weighted by molar-refractivity contribution is -0.130. The van der Waals surface area contributed by atoms with Crippen molar-refractivity contribution in [1.29, 1.82) is 0 Å². The Kier molecular flexibility index (Phi) is 6.91. The summed E-state index contributed by atoms with van der Waals surface area (Å²) >= 11 is 0. The normalized spacial score (nSPS) is 10.4. The molecule has 3 aromatic rings. The first-order chi connectivity index (χ1) is 13.0. The second-order valence-corrected chi connectivity index (χ2v) is 5.57. The summed E-state index contributed by atoms with van der Waals surface area (Å²) in [4.78, 5) is 21.5. The molecule has 5 nitrogen and oxygen atoms in total. The molecule has 4 N–H and O–H groups in total. The van der Waals surface area contributed by atoms with Crippen LogP contribution in [0.4, 0.5) is 5.69 Å². The summed E-state index contributed by atoms with van der Waals surface area (Å²) in [5, 5.41) is 17.7. The largest absolute Gasteiger partial charge is 0.478 e. The number of carboxylic acids is 2. The van der Waals surface area contributed by atoms with Crippen LogP contribution >= 0.6 is 0 Å². The van der Waals surface area contributed by atoms with E-state index in [0.717, 1.165) is 5.56 Å². The van der Waals surface area contributed by atoms with Crippen LogP contribution in [0.1, 0.15) is 21.5 Å². The number of hydrogen-bond donors (Lipinski definition) is 3. The van der Waals surface area contributed by atoms with Gasteiger partial charge in [0.15, 0.2) is 0 Å². The van der Waals surface area contributed by atoms with Crippen molar-refractivity contribution in [2.45, 2.75) is 0 Å². The Balaban J connectivity index is 0.000000223. The topological polar surface area (TPSA) is 101 Å². The third kappa shape index (κ3) is 6.17. The predicted molar refractivity (Wildman–Crippen MR) is 106 cm³/mol. The van der Waals surface area contributed by atoms with Gasteiger partial charge in [0.25, 0.3) is 0 Å². The highest BCUT2D eigenvalue weighted by Gasteiger charge is 2.09. The molecular weight excluding hydrogens is 342 g/mol. The highest BCUT2D eigenvalue weighted by molar-refractivity contribution is 6.20. The van der Waals surface area contributed by atoms with Crippen LogP contribution < -0.4 is 5.73 Å². The fourth-order valence-corrected chi connectivity index (χ4v) is 2.23. The molecule has 136 valence electrons. The molecule has 0 aliphatic carbocycles. The first-order valence-corrected chi connectivity index (χ1v) is 8.11. The van der Waals surface area contributed by atoms with E-state index in [2.05, 4.69) is 0 Å². The van der Waals surface area contributed by atoms with Crippen LogP contribution in [0.15, 0.2) is 84.9 Å². The van der Waals surface area contributed by atoms with E-state index in [9.17, 15) is 14.7 Å². The maximum absolute atomic E-state index is 11.2. The molecule has 3 aromatic carbocycles. The Hall–Kier alpha value is -3.86. The van der Waals surface area contributed by atoms with Gasteiger partial charge in [-0.3, -0.25) is 0 Å². The van der Waals surface area contributed by atoms with Crippen molar-refractivity contribution < 1.29 is 19.8 Å². The van der Waals surface area contributed by atoms with E-state index in [4.69, 9.17) is 10.8 Å². The zero-order chi connectivity index (χ0) is 19.6. The van der Waals surface area contributed by atoms with Crippen molar-refractivity contribution >= 4 is 29.3 Å². The van der Waals surface area contributed by atoms with Gasteiger partial charge in [-0.1, -0.05) is 60.7 Å². The summed E-state index contributed by atoms with van der Waals surface area (Å²) in [7, 11) is 0. The molecule has 0 aliphatic heterocycles. The van der Waals surface area contributed by atoms with Gasteiger partial charge in [-0.2, -0.15) is 0 Å². The molecule has 27 heavy (non-hydrogen) atoms. The van der Waals surface area contributed by atoms with Crippen LogP contribution in [0.5, 0.6) is 0 Å². The maximum atomic E-state index is 11.2. The number of nitrogen functional groups attached to an aromatic ring is 1. The molecule has 0 fully saturated rings. The summed E-state index contributed by atoms with van der Waals surface area (Å²) in [5.74, 6) is -1.85. The molecule has 0 aliphatic rings. The lowest BCUT2D eigenvalue weighted by Gasteiger charge is -2.02. The fraction of sp³-hybridized carbons (Fsp3) is 0. The highest BCUT2D eigenvalue weighted by atomic mass is 16.4. The van der Waals surface area contributed by atoms with Crippen molar-refractivity contribution in [2.24, 2.45) is 0 Å². The Morgan fingerprint density at radius 1 is 0.704 bits per heavy atom. The van der Waals surface area contributed by atoms with E-state index in [-0.39, 0.29) is 5.56 Å². The van der Waals surface area contributed by atoms with Crippen molar-refractivity contribution in [3.8, 4) is 0 Å². The summed E-state index contributed by atoms with van der Waals surface area (Å²) < 4.78 is 0. The second kappa shape index (κ2) is 9.58. The molecule has 0 amide bonds. The molecule has 3 rings (SSSR count). The molecule has 0 bridgehead atoms. The zero-order valence-electron chi connectivity index (χ0n) is 14.4. The van der Waals surface area contributed by atoms with Crippen molar-refractivity contribution in [1.82, 2.24) is 0 Å². The molecule has 0 atom stereocenters. The van der Waals surface area contributed by atoms with Crippen LogP contribution in [-0.4, -0.2) is 22.2 Å². The Morgan fingerprint density at radius 3 is 1.70 bits per heavy atom. The average molecular weight is 361 g/mol. The highest BCUT2D eigenvalue weighted by Crippen LogP contribution is 2.18. The number of nitrogens with two attached hydrogens (primary N) is 1. The van der Waals surface area contributed by atoms with Gasteiger partial charge in [0.2, 0.25) is 0 Å². The van der Waals surface area contributed by atoms with Crippen LogP contribution in [0.3, 0.4) is 0 Å². The molecule has 0 saturated heterocycles. The lowest BCUT2D eigenvalue weighted by Crippen LogP contribution is -1.99. The second-order valence-electron chi connectivity index (χ2n) is 5.57. The van der Waals surface area contributed by atoms with Gasteiger partial charge in [0.05, 0.1) is 11.1 Å². The molecule has 0 radical (unpaired) electrons. The van der Waals surface area contributed by atoms with Gasteiger partial charge in [0.1, 0.15) is 0 Å². The SMILES string of the molecule is Nc1ccc(C(=O)O)cc1.O=C(O)C(=Cc1ccccc1)c1ccccc1. The smallest absolute Gasteiger partial charge is 0.336 e. The number of carboxylic acid groups (broad SMARTS) is 2. The monoisotopic (exact) mass is 361 g/mol. The molecule has 0 spiro atoms. The minimum atomic E-state index is -0.931. The molecule has 0 heterocycles. The van der Waals surface area contributed by atoms with Gasteiger partial charge in [-0.25, -0.2) is 9.59 Å². The predicted octanol–water partition coefficient (Wildman–Crippen LogP) is 4.28. The third-order valence-electron chi connectivity index (χ3n) is 3.58. The number of aliphatic carboxylic acids is 1. The van der Waals surface area contributed by atoms with Crippen LogP contribution in [0.2, 0.25) is 0 Å². The summed E-state index contributed by atoms with van der Waals surface area (Å²) in [5.41, 5.74) is 8.06. The number of aromatic carboxylic acids is 1. The van der Waals surface area contributed by atoms with Crippen molar-refractivity contribution in [3.05, 3.63) is 102 Å². The van der Waals surface area contributed by atoms with Crippen LogP contribution in [0.25, 0.3) is 11.6 Å². The minimum absolute atomic E-state index is 0.259. The zero-order valence-corrected chi connectivity index (χ0v) is 14.4. The quantitative estimate of drug-likeness (QED) is 0.366. The minimum Gasteiger partial charge on any atom is -0.478 e. The maximum Gasteiger partial charge on any atom is 0.336 e. The number of hydrogen-bond acceptors (Lipinski definition) is 3. The lowest BCUT2D eigenvalue weighted by atomic mass is 10.0. The van der Waals surface area contributed by atoms with Gasteiger partial charge >= 0.3 is 11.9 Å². The summed E-state index contributed by atoms with van der Waals surface area (Å²) in [6, 6.07) is 24.6. The number of rotatable bonds is 4. The molecular formula is C22H19NO4. The van der Waals surface area contributed by atoms with Crippen LogP contribution in [-0.2, 0) is 4.79 Å². The first kappa shape index (κ1) is 19.5. The summed E-state index contributed by atoms with van der Waals surface area (Å²) in [6.45, 7) is 0.